The van der Waals surface area contributed by atoms with E-state index in [9.17, 15) is 4.79 Å². The molecule has 1 amide bonds. The van der Waals surface area contributed by atoms with Gasteiger partial charge in [-0.2, -0.15) is 0 Å². The third-order valence-electron chi connectivity index (χ3n) is 5.01. The highest BCUT2D eigenvalue weighted by atomic mass is 35.5. The number of ether oxygens (including phenoxy) is 3. The summed E-state index contributed by atoms with van der Waals surface area (Å²) in [6.07, 6.45) is 1.94. The summed E-state index contributed by atoms with van der Waals surface area (Å²) in [5.41, 5.74) is 1.35. The van der Waals surface area contributed by atoms with Gasteiger partial charge in [-0.15, -0.1) is 0 Å². The van der Waals surface area contributed by atoms with Crippen LogP contribution in [-0.4, -0.2) is 43.4 Å². The lowest BCUT2D eigenvalue weighted by atomic mass is 10.1. The Labute approximate surface area is 177 Å². The normalized spacial score (nSPS) is 18.2. The Morgan fingerprint density at radius 3 is 2.83 bits per heavy atom. The number of nitrogens with zero attached hydrogens (tertiary/aromatic N) is 2. The van der Waals surface area contributed by atoms with Crippen molar-refractivity contribution in [2.24, 2.45) is 0 Å². The molecule has 8 heteroatoms. The minimum Gasteiger partial charge on any atom is -0.486 e. The van der Waals surface area contributed by atoms with Gasteiger partial charge in [0.2, 0.25) is 0 Å². The summed E-state index contributed by atoms with van der Waals surface area (Å²) in [7, 11) is 0. The SMILES string of the molecule is O=C(c1ccc2c(c1)OCCO2)N(CC1CCCO1)c1nc2ccc(Cl)cc2s1. The largest absolute Gasteiger partial charge is 0.486 e. The van der Waals surface area contributed by atoms with Gasteiger partial charge >= 0.3 is 0 Å². The Morgan fingerprint density at radius 2 is 2.00 bits per heavy atom. The van der Waals surface area contributed by atoms with Crippen LogP contribution in [0.5, 0.6) is 11.5 Å². The molecule has 1 aromatic heterocycles. The summed E-state index contributed by atoms with van der Waals surface area (Å²) in [5, 5.41) is 1.29. The van der Waals surface area contributed by atoms with E-state index < -0.39 is 0 Å². The lowest BCUT2D eigenvalue weighted by molar-refractivity contribution is 0.0916. The Kier molecular flexibility index (Phi) is 5.03. The van der Waals surface area contributed by atoms with Crippen molar-refractivity contribution < 1.29 is 19.0 Å². The average Bonchev–Trinajstić information content (AvgIpc) is 3.40. The molecule has 0 saturated carbocycles. The predicted octanol–water partition coefficient (Wildman–Crippen LogP) is 4.55. The van der Waals surface area contributed by atoms with Crippen LogP contribution in [0.15, 0.2) is 36.4 Å². The number of fused-ring (bicyclic) bond motifs is 2. The molecule has 3 heterocycles. The molecule has 2 aliphatic heterocycles. The molecule has 1 atom stereocenters. The number of benzene rings is 2. The molecule has 6 nitrogen and oxygen atoms in total. The van der Waals surface area contributed by atoms with Crippen LogP contribution in [0.2, 0.25) is 5.02 Å². The van der Waals surface area contributed by atoms with Gasteiger partial charge in [-0.25, -0.2) is 4.98 Å². The van der Waals surface area contributed by atoms with Crippen molar-refractivity contribution in [2.45, 2.75) is 18.9 Å². The van der Waals surface area contributed by atoms with Gasteiger partial charge in [0.1, 0.15) is 13.2 Å². The maximum atomic E-state index is 13.5. The number of anilines is 1. The van der Waals surface area contributed by atoms with E-state index in [-0.39, 0.29) is 12.0 Å². The van der Waals surface area contributed by atoms with Crippen molar-refractivity contribution in [1.29, 1.82) is 0 Å². The second-order valence-corrected chi connectivity index (χ2v) is 8.46. The maximum Gasteiger partial charge on any atom is 0.260 e. The van der Waals surface area contributed by atoms with E-state index in [1.807, 2.05) is 12.1 Å². The van der Waals surface area contributed by atoms with Crippen molar-refractivity contribution in [3.05, 3.63) is 47.0 Å². The fraction of sp³-hybridized carbons (Fsp3) is 0.333. The number of halogens is 1. The Morgan fingerprint density at radius 1 is 1.14 bits per heavy atom. The molecular formula is C21H19ClN2O4S. The molecule has 1 saturated heterocycles. The Balaban J connectivity index is 1.51. The molecule has 1 unspecified atom stereocenters. The molecule has 0 radical (unpaired) electrons. The van der Waals surface area contributed by atoms with Crippen molar-refractivity contribution in [3.8, 4) is 11.5 Å². The quantitative estimate of drug-likeness (QED) is 0.607. The molecule has 0 N–H and O–H groups in total. The molecule has 5 rings (SSSR count). The molecule has 0 bridgehead atoms. The van der Waals surface area contributed by atoms with Crippen LogP contribution in [-0.2, 0) is 4.74 Å². The summed E-state index contributed by atoms with van der Waals surface area (Å²) in [4.78, 5) is 19.9. The minimum atomic E-state index is -0.136. The highest BCUT2D eigenvalue weighted by Gasteiger charge is 2.28. The van der Waals surface area contributed by atoms with Crippen LogP contribution in [0, 0.1) is 0 Å². The smallest absolute Gasteiger partial charge is 0.260 e. The van der Waals surface area contributed by atoms with Gasteiger partial charge in [0, 0.05) is 17.2 Å². The lowest BCUT2D eigenvalue weighted by Crippen LogP contribution is -2.37. The molecule has 0 aliphatic carbocycles. The van der Waals surface area contributed by atoms with Gasteiger partial charge in [0.05, 0.1) is 22.9 Å². The summed E-state index contributed by atoms with van der Waals surface area (Å²) in [6.45, 7) is 2.18. The molecule has 2 aliphatic rings. The van der Waals surface area contributed by atoms with Gasteiger partial charge < -0.3 is 14.2 Å². The van der Waals surface area contributed by atoms with Gasteiger partial charge in [-0.1, -0.05) is 22.9 Å². The van der Waals surface area contributed by atoms with Crippen LogP contribution >= 0.6 is 22.9 Å². The highest BCUT2D eigenvalue weighted by molar-refractivity contribution is 7.22. The van der Waals surface area contributed by atoms with Crippen molar-refractivity contribution in [2.75, 3.05) is 31.3 Å². The molecule has 0 spiro atoms. The van der Waals surface area contributed by atoms with E-state index >= 15 is 0 Å². The summed E-state index contributed by atoms with van der Waals surface area (Å²) in [5.74, 6) is 1.12. The van der Waals surface area contributed by atoms with E-state index in [4.69, 9.17) is 25.8 Å². The first-order valence-corrected chi connectivity index (χ1v) is 10.8. The first kappa shape index (κ1) is 18.7. The van der Waals surface area contributed by atoms with Crippen LogP contribution < -0.4 is 14.4 Å². The van der Waals surface area contributed by atoms with Crippen LogP contribution in [0.4, 0.5) is 5.13 Å². The molecule has 2 aromatic carbocycles. The third kappa shape index (κ3) is 3.77. The Bertz CT molecular complexity index is 1060. The van der Waals surface area contributed by atoms with Gasteiger partial charge in [0.15, 0.2) is 16.6 Å². The second kappa shape index (κ2) is 7.82. The number of carbonyl (C=O) groups excluding carboxylic acids is 1. The van der Waals surface area contributed by atoms with E-state index in [1.165, 1.54) is 11.3 Å². The summed E-state index contributed by atoms with van der Waals surface area (Å²) >= 11 is 7.58. The maximum absolute atomic E-state index is 13.5. The number of rotatable bonds is 4. The topological polar surface area (TPSA) is 60.9 Å². The predicted molar refractivity (Wildman–Crippen MR) is 113 cm³/mol. The molecule has 1 fully saturated rings. The molecule has 3 aromatic rings. The minimum absolute atomic E-state index is 0.00626. The monoisotopic (exact) mass is 430 g/mol. The standard InChI is InChI=1S/C21H19ClN2O4S/c22-14-4-5-16-19(11-14)29-21(23-16)24(12-15-2-1-7-26-15)20(25)13-3-6-17-18(10-13)28-9-8-27-17/h3-6,10-11,15H,1-2,7-9,12H2. The lowest BCUT2D eigenvalue weighted by Gasteiger charge is -2.24. The number of thiazole rings is 1. The van der Waals surface area contributed by atoms with E-state index in [2.05, 4.69) is 4.98 Å². The average molecular weight is 431 g/mol. The third-order valence-corrected chi connectivity index (χ3v) is 6.29. The van der Waals surface area contributed by atoms with E-state index in [0.717, 1.165) is 29.7 Å². The van der Waals surface area contributed by atoms with Gasteiger partial charge in [0.25, 0.3) is 5.91 Å². The first-order chi connectivity index (χ1) is 14.2. The van der Waals surface area contributed by atoms with Crippen molar-refractivity contribution in [1.82, 2.24) is 4.98 Å². The highest BCUT2D eigenvalue weighted by Crippen LogP contribution is 2.34. The van der Waals surface area contributed by atoms with E-state index in [0.29, 0.717) is 47.0 Å². The first-order valence-electron chi connectivity index (χ1n) is 9.56. The van der Waals surface area contributed by atoms with E-state index in [1.54, 1.807) is 29.2 Å². The molecule has 150 valence electrons. The fourth-order valence-electron chi connectivity index (χ4n) is 3.57. The fourth-order valence-corrected chi connectivity index (χ4v) is 4.82. The summed E-state index contributed by atoms with van der Waals surface area (Å²) in [6, 6.07) is 10.8. The van der Waals surface area contributed by atoms with Crippen molar-refractivity contribution in [3.63, 3.8) is 0 Å². The van der Waals surface area contributed by atoms with Crippen LogP contribution in [0.1, 0.15) is 23.2 Å². The number of hydrogen-bond acceptors (Lipinski definition) is 6. The van der Waals surface area contributed by atoms with Crippen LogP contribution in [0.3, 0.4) is 0 Å². The zero-order chi connectivity index (χ0) is 19.8. The Hall–Kier alpha value is -2.35. The summed E-state index contributed by atoms with van der Waals surface area (Å²) < 4.78 is 18.0. The second-order valence-electron chi connectivity index (χ2n) is 7.02. The number of hydrogen-bond donors (Lipinski definition) is 0. The number of amides is 1. The zero-order valence-corrected chi connectivity index (χ0v) is 17.2. The number of aromatic nitrogens is 1. The van der Waals surface area contributed by atoms with Crippen LogP contribution in [0.25, 0.3) is 10.2 Å². The molecule has 29 heavy (non-hydrogen) atoms. The number of carbonyl (C=O) groups is 1. The zero-order valence-electron chi connectivity index (χ0n) is 15.6. The van der Waals surface area contributed by atoms with Gasteiger partial charge in [-0.05, 0) is 49.2 Å². The van der Waals surface area contributed by atoms with Gasteiger partial charge in [-0.3, -0.25) is 9.69 Å². The van der Waals surface area contributed by atoms with Crippen molar-refractivity contribution >= 4 is 44.2 Å². The molecular weight excluding hydrogens is 412 g/mol.